The summed E-state index contributed by atoms with van der Waals surface area (Å²) in [5.74, 6) is 1.59. The van der Waals surface area contributed by atoms with Gasteiger partial charge >= 0.3 is 0 Å². The Morgan fingerprint density at radius 1 is 1.00 bits per heavy atom. The van der Waals surface area contributed by atoms with Gasteiger partial charge < -0.3 is 9.47 Å². The molecule has 1 aromatic rings. The molecule has 0 amide bonds. The Balaban J connectivity index is 2.32. The molecule has 68 valence electrons. The second-order valence-corrected chi connectivity index (χ2v) is 3.60. The van der Waals surface area contributed by atoms with Crippen LogP contribution in [0.4, 0.5) is 0 Å². The molecule has 2 rings (SSSR count). The Morgan fingerprint density at radius 2 is 1.69 bits per heavy atom. The zero-order valence-electron chi connectivity index (χ0n) is 7.00. The summed E-state index contributed by atoms with van der Waals surface area (Å²) in [5.41, 5.74) is 0. The molecular weight excluding hydrogens is 232 g/mol. The average Bonchev–Trinajstić information content (AvgIpc) is 2.08. The lowest BCUT2D eigenvalue weighted by Gasteiger charge is -2.13. The number of rotatable bonds is 0. The smallest absolute Gasteiger partial charge is 0.162 e. The van der Waals surface area contributed by atoms with Gasteiger partial charge in [-0.2, -0.15) is 0 Å². The molecule has 13 heavy (non-hydrogen) atoms. The molecule has 0 unspecified atom stereocenters. The monoisotopic (exact) mass is 240 g/mol. The van der Waals surface area contributed by atoms with Crippen LogP contribution in [0.3, 0.4) is 0 Å². The van der Waals surface area contributed by atoms with Crippen molar-refractivity contribution >= 4 is 15.9 Å². The lowest BCUT2D eigenvalue weighted by Crippen LogP contribution is -2.03. The van der Waals surface area contributed by atoms with E-state index in [0.717, 1.165) is 16.0 Å². The molecule has 0 fully saturated rings. The Kier molecular flexibility index (Phi) is 2.54. The van der Waals surface area contributed by atoms with Crippen LogP contribution in [0.25, 0.3) is 0 Å². The summed E-state index contributed by atoms with van der Waals surface area (Å²) in [6.45, 7) is 1.21. The van der Waals surface area contributed by atoms with Crippen LogP contribution in [0.1, 0.15) is 0 Å². The minimum absolute atomic E-state index is 0.604. The Labute approximate surface area is 85.3 Å². The van der Waals surface area contributed by atoms with E-state index in [4.69, 9.17) is 9.47 Å². The van der Waals surface area contributed by atoms with E-state index in [-0.39, 0.29) is 0 Å². The second kappa shape index (κ2) is 3.83. The lowest BCUT2D eigenvalue weighted by atomic mass is 10.3. The van der Waals surface area contributed by atoms with Gasteiger partial charge in [-0.15, -0.1) is 0 Å². The zero-order chi connectivity index (χ0) is 9.10. The predicted octanol–water partition coefficient (Wildman–Crippen LogP) is 2.78. The van der Waals surface area contributed by atoms with Gasteiger partial charge in [0, 0.05) is 4.47 Å². The first-order valence-corrected chi connectivity index (χ1v) is 4.86. The molecule has 1 heterocycles. The molecule has 1 aromatic carbocycles. The van der Waals surface area contributed by atoms with Gasteiger partial charge in [-0.05, 0) is 30.4 Å². The zero-order valence-corrected chi connectivity index (χ0v) is 8.58. The van der Waals surface area contributed by atoms with E-state index in [0.29, 0.717) is 13.2 Å². The van der Waals surface area contributed by atoms with E-state index >= 15 is 0 Å². The highest BCUT2D eigenvalue weighted by Crippen LogP contribution is 2.31. The summed E-state index contributed by atoms with van der Waals surface area (Å²) in [6.07, 6.45) is 3.90. The third kappa shape index (κ3) is 2.04. The molecule has 0 aliphatic carbocycles. The van der Waals surface area contributed by atoms with Crippen molar-refractivity contribution in [3.8, 4) is 11.5 Å². The first-order chi connectivity index (χ1) is 6.36. The summed E-state index contributed by atoms with van der Waals surface area (Å²) in [4.78, 5) is 0. The number of halogens is 1. The van der Waals surface area contributed by atoms with E-state index < -0.39 is 0 Å². The number of hydrogen-bond donors (Lipinski definition) is 0. The fourth-order valence-corrected chi connectivity index (χ4v) is 1.47. The van der Waals surface area contributed by atoms with Crippen LogP contribution in [0.5, 0.6) is 11.5 Å². The molecule has 0 atom stereocenters. The van der Waals surface area contributed by atoms with E-state index in [2.05, 4.69) is 15.9 Å². The molecule has 0 aromatic heterocycles. The van der Waals surface area contributed by atoms with Crippen molar-refractivity contribution in [2.45, 2.75) is 0 Å². The van der Waals surface area contributed by atoms with Gasteiger partial charge in [0.2, 0.25) is 0 Å². The van der Waals surface area contributed by atoms with Crippen molar-refractivity contribution in [3.63, 3.8) is 0 Å². The number of fused-ring (bicyclic) bond motifs is 1. The summed E-state index contributed by atoms with van der Waals surface area (Å²) < 4.78 is 11.9. The standard InChI is InChI=1S/C10H9BrO2/c11-8-3-4-9-10(7-8)13-6-2-1-5-12-9/h1-4,7H,5-6H2/b2-1-. The minimum Gasteiger partial charge on any atom is -0.486 e. The van der Waals surface area contributed by atoms with E-state index in [1.165, 1.54) is 0 Å². The third-order valence-electron chi connectivity index (χ3n) is 1.74. The maximum atomic E-state index is 5.47. The van der Waals surface area contributed by atoms with Gasteiger partial charge in [0.15, 0.2) is 11.5 Å². The fourth-order valence-electron chi connectivity index (χ4n) is 1.13. The van der Waals surface area contributed by atoms with Crippen LogP contribution in [0.2, 0.25) is 0 Å². The van der Waals surface area contributed by atoms with Gasteiger partial charge in [-0.1, -0.05) is 15.9 Å². The highest BCUT2D eigenvalue weighted by Gasteiger charge is 2.06. The first kappa shape index (κ1) is 8.63. The molecule has 1 aliphatic heterocycles. The quantitative estimate of drug-likeness (QED) is 0.650. The molecule has 2 nitrogen and oxygen atoms in total. The molecule has 0 saturated heterocycles. The van der Waals surface area contributed by atoms with Crippen molar-refractivity contribution < 1.29 is 9.47 Å². The van der Waals surface area contributed by atoms with E-state index in [1.54, 1.807) is 0 Å². The van der Waals surface area contributed by atoms with Crippen LogP contribution in [0.15, 0.2) is 34.8 Å². The highest BCUT2D eigenvalue weighted by atomic mass is 79.9. The molecule has 0 bridgehead atoms. The molecule has 1 aliphatic rings. The van der Waals surface area contributed by atoms with Crippen molar-refractivity contribution in [1.29, 1.82) is 0 Å². The normalized spacial score (nSPS) is 17.3. The topological polar surface area (TPSA) is 18.5 Å². The molecule has 0 radical (unpaired) electrons. The van der Waals surface area contributed by atoms with Crippen LogP contribution >= 0.6 is 15.9 Å². The van der Waals surface area contributed by atoms with Crippen LogP contribution in [0, 0.1) is 0 Å². The van der Waals surface area contributed by atoms with E-state index in [9.17, 15) is 0 Å². The van der Waals surface area contributed by atoms with Crippen LogP contribution in [-0.4, -0.2) is 13.2 Å². The fraction of sp³-hybridized carbons (Fsp3) is 0.200. The van der Waals surface area contributed by atoms with Crippen molar-refractivity contribution in [1.82, 2.24) is 0 Å². The van der Waals surface area contributed by atoms with Crippen LogP contribution < -0.4 is 9.47 Å². The third-order valence-corrected chi connectivity index (χ3v) is 2.24. The largest absolute Gasteiger partial charge is 0.486 e. The van der Waals surface area contributed by atoms with E-state index in [1.807, 2.05) is 30.4 Å². The molecular formula is C10H9BrO2. The summed E-state index contributed by atoms with van der Waals surface area (Å²) in [7, 11) is 0. The Morgan fingerprint density at radius 3 is 2.46 bits per heavy atom. The number of benzene rings is 1. The van der Waals surface area contributed by atoms with Gasteiger partial charge in [0.25, 0.3) is 0 Å². The number of hydrogen-bond acceptors (Lipinski definition) is 2. The van der Waals surface area contributed by atoms with Crippen molar-refractivity contribution in [2.24, 2.45) is 0 Å². The van der Waals surface area contributed by atoms with Crippen molar-refractivity contribution in [2.75, 3.05) is 13.2 Å². The van der Waals surface area contributed by atoms with Crippen molar-refractivity contribution in [3.05, 3.63) is 34.8 Å². The minimum atomic E-state index is 0.604. The van der Waals surface area contributed by atoms with Crippen LogP contribution in [-0.2, 0) is 0 Å². The maximum Gasteiger partial charge on any atom is 0.162 e. The first-order valence-electron chi connectivity index (χ1n) is 4.06. The SMILES string of the molecule is Brc1ccc2c(c1)OC/C=C\CO2. The highest BCUT2D eigenvalue weighted by molar-refractivity contribution is 9.10. The summed E-state index contributed by atoms with van der Waals surface area (Å²) >= 11 is 3.38. The second-order valence-electron chi connectivity index (χ2n) is 2.68. The number of ether oxygens (including phenoxy) is 2. The molecule has 0 spiro atoms. The molecule has 0 saturated carbocycles. The Bertz CT molecular complexity index is 334. The van der Waals surface area contributed by atoms with Gasteiger partial charge in [-0.25, -0.2) is 0 Å². The van der Waals surface area contributed by atoms with Gasteiger partial charge in [0.1, 0.15) is 13.2 Å². The van der Waals surface area contributed by atoms with Gasteiger partial charge in [0.05, 0.1) is 0 Å². The summed E-state index contributed by atoms with van der Waals surface area (Å²) in [6, 6.07) is 5.75. The summed E-state index contributed by atoms with van der Waals surface area (Å²) in [5, 5.41) is 0. The average molecular weight is 241 g/mol. The lowest BCUT2D eigenvalue weighted by molar-refractivity contribution is 0.296. The Hall–Kier alpha value is -0.960. The molecule has 3 heteroatoms. The predicted molar refractivity (Wildman–Crippen MR) is 54.3 cm³/mol. The maximum absolute atomic E-state index is 5.47. The molecule has 0 N–H and O–H groups in total. The van der Waals surface area contributed by atoms with Gasteiger partial charge in [-0.3, -0.25) is 0 Å².